The molecule has 78 valence electrons. The summed E-state index contributed by atoms with van der Waals surface area (Å²) in [6, 6.07) is 0.459. The molecule has 0 aliphatic carbocycles. The SMILES string of the molecule is CCCNC(CN)C1CCCOC1. The molecule has 1 aliphatic rings. The van der Waals surface area contributed by atoms with Crippen LogP contribution in [0.1, 0.15) is 26.2 Å². The van der Waals surface area contributed by atoms with E-state index in [4.69, 9.17) is 10.5 Å². The quantitative estimate of drug-likeness (QED) is 0.666. The molecular formula is C10H22N2O. The molecule has 0 aromatic heterocycles. The van der Waals surface area contributed by atoms with Gasteiger partial charge < -0.3 is 15.8 Å². The van der Waals surface area contributed by atoms with Crippen molar-refractivity contribution >= 4 is 0 Å². The van der Waals surface area contributed by atoms with Gasteiger partial charge in [-0.2, -0.15) is 0 Å². The molecule has 1 heterocycles. The van der Waals surface area contributed by atoms with Gasteiger partial charge in [0.2, 0.25) is 0 Å². The summed E-state index contributed by atoms with van der Waals surface area (Å²) in [6.07, 6.45) is 3.62. The summed E-state index contributed by atoms with van der Waals surface area (Å²) in [4.78, 5) is 0. The van der Waals surface area contributed by atoms with Crippen LogP contribution < -0.4 is 11.1 Å². The first kappa shape index (κ1) is 11.0. The van der Waals surface area contributed by atoms with E-state index in [1.54, 1.807) is 0 Å². The molecule has 0 bridgehead atoms. The molecule has 1 saturated heterocycles. The van der Waals surface area contributed by atoms with Crippen LogP contribution in [0.3, 0.4) is 0 Å². The van der Waals surface area contributed by atoms with Crippen molar-refractivity contribution < 1.29 is 4.74 Å². The third-order valence-corrected chi connectivity index (χ3v) is 2.68. The normalized spacial score (nSPS) is 25.8. The number of rotatable bonds is 5. The molecule has 3 heteroatoms. The summed E-state index contributed by atoms with van der Waals surface area (Å²) in [7, 11) is 0. The van der Waals surface area contributed by atoms with Crippen LogP contribution in [0.4, 0.5) is 0 Å². The second-order valence-electron chi connectivity index (χ2n) is 3.77. The Balaban J connectivity index is 2.26. The highest BCUT2D eigenvalue weighted by molar-refractivity contribution is 4.78. The van der Waals surface area contributed by atoms with Crippen LogP contribution >= 0.6 is 0 Å². The standard InChI is InChI=1S/C10H22N2O/c1-2-5-12-10(7-11)9-4-3-6-13-8-9/h9-10,12H,2-8,11H2,1H3. The Morgan fingerprint density at radius 3 is 3.00 bits per heavy atom. The minimum absolute atomic E-state index is 0.459. The predicted molar refractivity (Wildman–Crippen MR) is 54.7 cm³/mol. The van der Waals surface area contributed by atoms with Crippen molar-refractivity contribution in [3.63, 3.8) is 0 Å². The maximum absolute atomic E-state index is 5.73. The molecule has 2 unspecified atom stereocenters. The molecule has 0 aromatic rings. The Morgan fingerprint density at radius 1 is 1.62 bits per heavy atom. The Kier molecular flexibility index (Phi) is 5.35. The van der Waals surface area contributed by atoms with Gasteiger partial charge in [-0.1, -0.05) is 6.92 Å². The van der Waals surface area contributed by atoms with Gasteiger partial charge in [0.1, 0.15) is 0 Å². The fraction of sp³-hybridized carbons (Fsp3) is 1.00. The molecule has 0 saturated carbocycles. The summed E-state index contributed by atoms with van der Waals surface area (Å²) in [5.41, 5.74) is 5.73. The molecule has 3 N–H and O–H groups in total. The molecule has 3 nitrogen and oxygen atoms in total. The summed E-state index contributed by atoms with van der Waals surface area (Å²) in [5.74, 6) is 0.630. The maximum Gasteiger partial charge on any atom is 0.0509 e. The Bertz CT molecular complexity index is 124. The average molecular weight is 186 g/mol. The lowest BCUT2D eigenvalue weighted by atomic mass is 9.93. The van der Waals surface area contributed by atoms with Crippen molar-refractivity contribution in [2.75, 3.05) is 26.3 Å². The second kappa shape index (κ2) is 6.35. The minimum atomic E-state index is 0.459. The highest BCUT2D eigenvalue weighted by Crippen LogP contribution is 2.16. The topological polar surface area (TPSA) is 47.3 Å². The van der Waals surface area contributed by atoms with Crippen molar-refractivity contribution in [3.05, 3.63) is 0 Å². The molecule has 0 aromatic carbocycles. The van der Waals surface area contributed by atoms with Crippen molar-refractivity contribution in [1.29, 1.82) is 0 Å². The van der Waals surface area contributed by atoms with E-state index < -0.39 is 0 Å². The van der Waals surface area contributed by atoms with Crippen molar-refractivity contribution in [3.8, 4) is 0 Å². The lowest BCUT2D eigenvalue weighted by Gasteiger charge is -2.30. The van der Waals surface area contributed by atoms with E-state index in [1.165, 1.54) is 19.3 Å². The lowest BCUT2D eigenvalue weighted by molar-refractivity contribution is 0.0406. The van der Waals surface area contributed by atoms with Crippen molar-refractivity contribution in [2.45, 2.75) is 32.2 Å². The molecule has 0 radical (unpaired) electrons. The van der Waals surface area contributed by atoms with Gasteiger partial charge in [-0.3, -0.25) is 0 Å². The van der Waals surface area contributed by atoms with E-state index >= 15 is 0 Å². The van der Waals surface area contributed by atoms with Crippen molar-refractivity contribution in [1.82, 2.24) is 5.32 Å². The second-order valence-corrected chi connectivity index (χ2v) is 3.77. The van der Waals surface area contributed by atoms with Crippen LogP contribution in [0.25, 0.3) is 0 Å². The largest absolute Gasteiger partial charge is 0.381 e. The van der Waals surface area contributed by atoms with Gasteiger partial charge in [0.05, 0.1) is 6.61 Å². The van der Waals surface area contributed by atoms with Crippen LogP contribution in [-0.4, -0.2) is 32.3 Å². The van der Waals surface area contributed by atoms with Crippen molar-refractivity contribution in [2.24, 2.45) is 11.7 Å². The van der Waals surface area contributed by atoms with Gasteiger partial charge in [-0.15, -0.1) is 0 Å². The first-order chi connectivity index (χ1) is 6.38. The molecule has 1 fully saturated rings. The van der Waals surface area contributed by atoms with Crippen LogP contribution in [0, 0.1) is 5.92 Å². The Hall–Kier alpha value is -0.120. The summed E-state index contributed by atoms with van der Waals surface area (Å²) >= 11 is 0. The van der Waals surface area contributed by atoms with Gasteiger partial charge in [-0.05, 0) is 31.7 Å². The smallest absolute Gasteiger partial charge is 0.0509 e. The predicted octanol–water partition coefficient (Wildman–Crippen LogP) is 0.740. The molecule has 1 rings (SSSR count). The Morgan fingerprint density at radius 2 is 2.46 bits per heavy atom. The molecule has 1 aliphatic heterocycles. The third-order valence-electron chi connectivity index (χ3n) is 2.68. The van der Waals surface area contributed by atoms with Crippen LogP contribution in [0.15, 0.2) is 0 Å². The van der Waals surface area contributed by atoms with E-state index in [0.29, 0.717) is 12.0 Å². The molecule has 2 atom stereocenters. The Labute approximate surface area is 81.0 Å². The van der Waals surface area contributed by atoms with Crippen LogP contribution in [0.2, 0.25) is 0 Å². The average Bonchev–Trinajstić information content (AvgIpc) is 2.21. The van der Waals surface area contributed by atoms with Crippen LogP contribution in [0.5, 0.6) is 0 Å². The summed E-state index contributed by atoms with van der Waals surface area (Å²) in [5, 5.41) is 3.48. The highest BCUT2D eigenvalue weighted by atomic mass is 16.5. The van der Waals surface area contributed by atoms with E-state index in [2.05, 4.69) is 12.2 Å². The maximum atomic E-state index is 5.73. The van der Waals surface area contributed by atoms with Crippen LogP contribution in [-0.2, 0) is 4.74 Å². The van der Waals surface area contributed by atoms with Gasteiger partial charge in [-0.25, -0.2) is 0 Å². The van der Waals surface area contributed by atoms with Gasteiger partial charge in [0.25, 0.3) is 0 Å². The first-order valence-electron chi connectivity index (χ1n) is 5.39. The summed E-state index contributed by atoms with van der Waals surface area (Å²) < 4.78 is 5.45. The first-order valence-corrected chi connectivity index (χ1v) is 5.39. The van der Waals surface area contributed by atoms with E-state index in [-0.39, 0.29) is 0 Å². The number of nitrogens with one attached hydrogen (secondary N) is 1. The minimum Gasteiger partial charge on any atom is -0.381 e. The zero-order chi connectivity index (χ0) is 9.52. The number of hydrogen-bond donors (Lipinski definition) is 2. The summed E-state index contributed by atoms with van der Waals surface area (Å²) in [6.45, 7) is 5.80. The molecular weight excluding hydrogens is 164 g/mol. The number of nitrogens with two attached hydrogens (primary N) is 1. The fourth-order valence-electron chi connectivity index (χ4n) is 1.86. The van der Waals surface area contributed by atoms with E-state index in [9.17, 15) is 0 Å². The molecule has 13 heavy (non-hydrogen) atoms. The lowest BCUT2D eigenvalue weighted by Crippen LogP contribution is -2.45. The number of hydrogen-bond acceptors (Lipinski definition) is 3. The molecule has 0 spiro atoms. The fourth-order valence-corrected chi connectivity index (χ4v) is 1.86. The monoisotopic (exact) mass is 186 g/mol. The van der Waals surface area contributed by atoms with E-state index in [1.807, 2.05) is 0 Å². The molecule has 0 amide bonds. The number of ether oxygens (including phenoxy) is 1. The zero-order valence-corrected chi connectivity index (χ0v) is 8.59. The van der Waals surface area contributed by atoms with Gasteiger partial charge in [0.15, 0.2) is 0 Å². The third kappa shape index (κ3) is 3.63. The van der Waals surface area contributed by atoms with Gasteiger partial charge in [0, 0.05) is 19.2 Å². The van der Waals surface area contributed by atoms with Gasteiger partial charge >= 0.3 is 0 Å². The van der Waals surface area contributed by atoms with E-state index in [0.717, 1.165) is 26.3 Å². The highest BCUT2D eigenvalue weighted by Gasteiger charge is 2.22. The zero-order valence-electron chi connectivity index (χ0n) is 8.59.